The Hall–Kier alpha value is -2.97. The molecule has 1 amide bonds. The summed E-state index contributed by atoms with van der Waals surface area (Å²) in [4.78, 5) is 16.8. The summed E-state index contributed by atoms with van der Waals surface area (Å²) in [7, 11) is 0. The summed E-state index contributed by atoms with van der Waals surface area (Å²) in [5, 5.41) is 8.59. The predicted molar refractivity (Wildman–Crippen MR) is 118 cm³/mol. The lowest BCUT2D eigenvalue weighted by atomic mass is 10.2. The van der Waals surface area contributed by atoms with E-state index < -0.39 is 0 Å². The zero-order valence-electron chi connectivity index (χ0n) is 17.2. The Morgan fingerprint density at radius 3 is 2.74 bits per heavy atom. The Kier molecular flexibility index (Phi) is 5.33. The molecule has 1 fully saturated rings. The monoisotopic (exact) mass is 438 g/mol. The number of furan rings is 1. The maximum Gasteiger partial charge on any atom is 0.261 e. The van der Waals surface area contributed by atoms with Gasteiger partial charge in [0.15, 0.2) is 0 Å². The van der Waals surface area contributed by atoms with Gasteiger partial charge in [0.1, 0.15) is 16.4 Å². The third kappa shape index (κ3) is 3.88. The van der Waals surface area contributed by atoms with Crippen molar-refractivity contribution in [1.82, 2.24) is 20.0 Å². The molecule has 5 rings (SSSR count). The second-order valence-corrected chi connectivity index (χ2v) is 8.82. The molecule has 1 atom stereocenters. The number of thiophene rings is 1. The summed E-state index contributed by atoms with van der Waals surface area (Å²) >= 11 is 1.39. The second-order valence-electron chi connectivity index (χ2n) is 7.79. The van der Waals surface area contributed by atoms with Gasteiger partial charge in [0.2, 0.25) is 0 Å². The topological polar surface area (TPSA) is 63.3 Å². The number of benzene rings is 1. The van der Waals surface area contributed by atoms with Crippen LogP contribution in [0.4, 0.5) is 4.39 Å². The number of nitrogens with zero attached hydrogens (tertiary/aromatic N) is 3. The fraction of sp³-hybridized carbons (Fsp3) is 0.304. The van der Waals surface area contributed by atoms with E-state index in [9.17, 15) is 9.18 Å². The van der Waals surface area contributed by atoms with Gasteiger partial charge in [-0.1, -0.05) is 0 Å². The van der Waals surface area contributed by atoms with Crippen molar-refractivity contribution in [3.63, 3.8) is 0 Å². The third-order valence-corrected chi connectivity index (χ3v) is 6.86. The number of amides is 1. The largest absolute Gasteiger partial charge is 0.468 e. The van der Waals surface area contributed by atoms with Gasteiger partial charge in [0.05, 0.1) is 28.6 Å². The van der Waals surface area contributed by atoms with E-state index in [2.05, 4.69) is 15.3 Å². The molecule has 6 nitrogen and oxygen atoms in total. The Bertz CT molecular complexity index is 1190. The molecule has 3 aromatic heterocycles. The van der Waals surface area contributed by atoms with Gasteiger partial charge in [-0.2, -0.15) is 5.10 Å². The van der Waals surface area contributed by atoms with E-state index in [1.165, 1.54) is 36.3 Å². The first-order valence-electron chi connectivity index (χ1n) is 10.4. The van der Waals surface area contributed by atoms with Crippen molar-refractivity contribution in [2.45, 2.75) is 25.8 Å². The number of likely N-dealkylation sites (tertiary alicyclic amines) is 1. The maximum absolute atomic E-state index is 13.3. The van der Waals surface area contributed by atoms with Gasteiger partial charge < -0.3 is 9.73 Å². The minimum atomic E-state index is -0.292. The average molecular weight is 439 g/mol. The first kappa shape index (κ1) is 20.0. The van der Waals surface area contributed by atoms with E-state index >= 15 is 0 Å². The highest BCUT2D eigenvalue weighted by molar-refractivity contribution is 7.20. The first-order chi connectivity index (χ1) is 15.1. The normalized spacial score (nSPS) is 15.5. The SMILES string of the molecule is Cc1nn(-c2ccc(F)cc2)c2sc(C(=O)NC[C@@H](c3ccco3)N3CCCC3)cc12. The zero-order valence-corrected chi connectivity index (χ0v) is 18.0. The minimum Gasteiger partial charge on any atom is -0.468 e. The van der Waals surface area contributed by atoms with Crippen LogP contribution in [0, 0.1) is 12.7 Å². The number of fused-ring (bicyclic) bond motifs is 1. The number of aromatic nitrogens is 2. The molecule has 4 aromatic rings. The van der Waals surface area contributed by atoms with Crippen LogP contribution in [0.3, 0.4) is 0 Å². The Balaban J connectivity index is 1.37. The number of hydrogen-bond acceptors (Lipinski definition) is 5. The zero-order chi connectivity index (χ0) is 21.4. The first-order valence-corrected chi connectivity index (χ1v) is 11.2. The number of carbonyl (C=O) groups is 1. The highest BCUT2D eigenvalue weighted by atomic mass is 32.1. The van der Waals surface area contributed by atoms with Crippen LogP contribution in [0.15, 0.2) is 53.1 Å². The summed E-state index contributed by atoms with van der Waals surface area (Å²) in [6, 6.07) is 12.0. The molecule has 1 aromatic carbocycles. The molecule has 1 aliphatic heterocycles. The van der Waals surface area contributed by atoms with Gasteiger partial charge in [-0.3, -0.25) is 9.69 Å². The van der Waals surface area contributed by atoms with E-state index in [0.29, 0.717) is 11.4 Å². The van der Waals surface area contributed by atoms with Crippen LogP contribution >= 0.6 is 11.3 Å². The average Bonchev–Trinajstić information content (AvgIpc) is 3.56. The van der Waals surface area contributed by atoms with Gasteiger partial charge in [0, 0.05) is 11.9 Å². The molecule has 0 radical (unpaired) electrons. The lowest BCUT2D eigenvalue weighted by molar-refractivity contribution is 0.0938. The van der Waals surface area contributed by atoms with Crippen LogP contribution in [-0.4, -0.2) is 40.2 Å². The number of halogens is 1. The molecular weight excluding hydrogens is 415 g/mol. The summed E-state index contributed by atoms with van der Waals surface area (Å²) in [5.41, 5.74) is 1.60. The molecule has 0 saturated carbocycles. The van der Waals surface area contributed by atoms with Crippen molar-refractivity contribution in [1.29, 1.82) is 0 Å². The number of nitrogens with one attached hydrogen (secondary N) is 1. The van der Waals surface area contributed by atoms with E-state index in [0.717, 1.165) is 40.4 Å². The molecule has 4 heterocycles. The van der Waals surface area contributed by atoms with Crippen LogP contribution < -0.4 is 5.32 Å². The van der Waals surface area contributed by atoms with Crippen LogP contribution in [0.5, 0.6) is 0 Å². The third-order valence-electron chi connectivity index (χ3n) is 5.75. The maximum atomic E-state index is 13.3. The number of hydrogen-bond donors (Lipinski definition) is 1. The molecule has 0 aliphatic carbocycles. The quantitative estimate of drug-likeness (QED) is 0.474. The fourth-order valence-electron chi connectivity index (χ4n) is 4.14. The summed E-state index contributed by atoms with van der Waals surface area (Å²) in [6.45, 7) is 4.42. The van der Waals surface area contributed by atoms with Crippen LogP contribution in [0.1, 0.15) is 40.0 Å². The summed E-state index contributed by atoms with van der Waals surface area (Å²) < 4.78 is 20.7. The molecule has 8 heteroatoms. The summed E-state index contributed by atoms with van der Waals surface area (Å²) in [6.07, 6.45) is 4.01. The van der Waals surface area contributed by atoms with Crippen LogP contribution in [0.25, 0.3) is 15.9 Å². The number of aryl methyl sites for hydroxylation is 1. The lowest BCUT2D eigenvalue weighted by Crippen LogP contribution is -2.36. The van der Waals surface area contributed by atoms with E-state index in [1.807, 2.05) is 25.1 Å². The molecule has 31 heavy (non-hydrogen) atoms. The van der Waals surface area contributed by atoms with Crippen molar-refractivity contribution in [2.24, 2.45) is 0 Å². The van der Waals surface area contributed by atoms with E-state index in [4.69, 9.17) is 4.42 Å². The molecule has 0 unspecified atom stereocenters. The number of rotatable bonds is 6. The smallest absolute Gasteiger partial charge is 0.261 e. The molecule has 1 N–H and O–H groups in total. The fourth-order valence-corrected chi connectivity index (χ4v) is 5.24. The van der Waals surface area contributed by atoms with Gasteiger partial charge in [-0.15, -0.1) is 11.3 Å². The van der Waals surface area contributed by atoms with Crippen molar-refractivity contribution >= 4 is 27.5 Å². The van der Waals surface area contributed by atoms with Crippen molar-refractivity contribution < 1.29 is 13.6 Å². The standard InChI is InChI=1S/C23H23FN4O2S/c1-15-18-13-21(31-23(18)28(26-15)17-8-6-16(24)7-9-17)22(29)25-14-19(20-5-4-12-30-20)27-10-2-3-11-27/h4-9,12-13,19H,2-3,10-11,14H2,1H3,(H,25,29)/t19-/m0/s1. The summed E-state index contributed by atoms with van der Waals surface area (Å²) in [5.74, 6) is 0.475. The predicted octanol–water partition coefficient (Wildman–Crippen LogP) is 4.69. The van der Waals surface area contributed by atoms with Crippen molar-refractivity contribution in [3.05, 3.63) is 70.9 Å². The minimum absolute atomic E-state index is 0.0345. The second kappa shape index (κ2) is 8.28. The van der Waals surface area contributed by atoms with Crippen molar-refractivity contribution in [2.75, 3.05) is 19.6 Å². The van der Waals surface area contributed by atoms with Gasteiger partial charge in [0.25, 0.3) is 5.91 Å². The molecule has 0 spiro atoms. The molecule has 160 valence electrons. The lowest BCUT2D eigenvalue weighted by Gasteiger charge is -2.25. The van der Waals surface area contributed by atoms with Crippen LogP contribution in [0.2, 0.25) is 0 Å². The van der Waals surface area contributed by atoms with Gasteiger partial charge >= 0.3 is 0 Å². The molecule has 1 aliphatic rings. The molecule has 1 saturated heterocycles. The molecule has 0 bridgehead atoms. The van der Waals surface area contributed by atoms with Crippen LogP contribution in [-0.2, 0) is 0 Å². The highest BCUT2D eigenvalue weighted by Gasteiger charge is 2.26. The highest BCUT2D eigenvalue weighted by Crippen LogP contribution is 2.31. The number of carbonyl (C=O) groups excluding carboxylic acids is 1. The Morgan fingerprint density at radius 1 is 1.26 bits per heavy atom. The Morgan fingerprint density at radius 2 is 2.03 bits per heavy atom. The Labute approximate surface area is 183 Å². The molecular formula is C23H23FN4O2S. The van der Waals surface area contributed by atoms with Gasteiger partial charge in [-0.25, -0.2) is 9.07 Å². The van der Waals surface area contributed by atoms with Gasteiger partial charge in [-0.05, 0) is 75.3 Å². The van der Waals surface area contributed by atoms with E-state index in [-0.39, 0.29) is 17.8 Å². The van der Waals surface area contributed by atoms with E-state index in [1.54, 1.807) is 23.1 Å². The van der Waals surface area contributed by atoms with Crippen molar-refractivity contribution in [3.8, 4) is 5.69 Å².